The maximum atomic E-state index is 13.2. The first-order valence-electron chi connectivity index (χ1n) is 9.65. The van der Waals surface area contributed by atoms with E-state index in [-0.39, 0.29) is 5.91 Å². The molecule has 0 aliphatic heterocycles. The van der Waals surface area contributed by atoms with Gasteiger partial charge in [-0.05, 0) is 54.7 Å². The number of ether oxygens (including phenoxy) is 2. The predicted molar refractivity (Wildman–Crippen MR) is 118 cm³/mol. The SMILES string of the molecule is COc1ccc(CNc2sc3c(c2C(=O)Nc2ccccc2OC)CCC3)cc1. The van der Waals surface area contributed by atoms with Crippen molar-refractivity contribution in [3.8, 4) is 11.5 Å². The van der Waals surface area contributed by atoms with Crippen molar-refractivity contribution in [1.29, 1.82) is 0 Å². The summed E-state index contributed by atoms with van der Waals surface area (Å²) in [5.74, 6) is 1.40. The van der Waals surface area contributed by atoms with Gasteiger partial charge in [0.1, 0.15) is 16.5 Å². The largest absolute Gasteiger partial charge is 0.497 e. The van der Waals surface area contributed by atoms with Crippen molar-refractivity contribution >= 4 is 27.9 Å². The van der Waals surface area contributed by atoms with E-state index in [4.69, 9.17) is 9.47 Å². The van der Waals surface area contributed by atoms with Crippen LogP contribution in [-0.2, 0) is 19.4 Å². The number of rotatable bonds is 7. The van der Waals surface area contributed by atoms with E-state index < -0.39 is 0 Å². The predicted octanol–water partition coefficient (Wildman–Crippen LogP) is 5.12. The average molecular weight is 409 g/mol. The quantitative estimate of drug-likeness (QED) is 0.570. The van der Waals surface area contributed by atoms with E-state index in [1.165, 1.54) is 10.4 Å². The highest BCUT2D eigenvalue weighted by Crippen LogP contribution is 2.40. The highest BCUT2D eigenvalue weighted by molar-refractivity contribution is 7.16. The van der Waals surface area contributed by atoms with Crippen LogP contribution in [0.4, 0.5) is 10.7 Å². The number of hydrogen-bond donors (Lipinski definition) is 2. The third kappa shape index (κ3) is 4.07. The molecule has 1 amide bonds. The molecule has 29 heavy (non-hydrogen) atoms. The Morgan fingerprint density at radius 3 is 2.59 bits per heavy atom. The molecular weight excluding hydrogens is 384 g/mol. The number of amides is 1. The van der Waals surface area contributed by atoms with Crippen molar-refractivity contribution in [2.45, 2.75) is 25.8 Å². The van der Waals surface area contributed by atoms with Crippen LogP contribution in [-0.4, -0.2) is 20.1 Å². The number of hydrogen-bond acceptors (Lipinski definition) is 5. The molecule has 4 rings (SSSR count). The number of benzene rings is 2. The van der Waals surface area contributed by atoms with Crippen molar-refractivity contribution < 1.29 is 14.3 Å². The lowest BCUT2D eigenvalue weighted by Gasteiger charge is -2.12. The van der Waals surface area contributed by atoms with Gasteiger partial charge < -0.3 is 20.1 Å². The van der Waals surface area contributed by atoms with Gasteiger partial charge in [-0.2, -0.15) is 0 Å². The zero-order chi connectivity index (χ0) is 20.2. The Labute approximate surface area is 174 Å². The lowest BCUT2D eigenvalue weighted by molar-refractivity contribution is 0.102. The molecule has 0 bridgehead atoms. The van der Waals surface area contributed by atoms with Crippen LogP contribution in [0.15, 0.2) is 48.5 Å². The van der Waals surface area contributed by atoms with Gasteiger partial charge in [0.2, 0.25) is 0 Å². The van der Waals surface area contributed by atoms with Gasteiger partial charge in [0.05, 0.1) is 25.5 Å². The van der Waals surface area contributed by atoms with E-state index in [2.05, 4.69) is 10.6 Å². The van der Waals surface area contributed by atoms with Crippen molar-refractivity contribution in [3.05, 3.63) is 70.1 Å². The molecule has 0 fully saturated rings. The molecule has 0 radical (unpaired) electrons. The van der Waals surface area contributed by atoms with E-state index in [1.807, 2.05) is 48.5 Å². The monoisotopic (exact) mass is 408 g/mol. The first-order valence-corrected chi connectivity index (χ1v) is 10.5. The number of methoxy groups -OCH3 is 2. The highest BCUT2D eigenvalue weighted by atomic mass is 32.1. The van der Waals surface area contributed by atoms with E-state index in [0.29, 0.717) is 18.0 Å². The minimum absolute atomic E-state index is 0.0915. The van der Waals surface area contributed by atoms with Gasteiger partial charge in [-0.15, -0.1) is 11.3 Å². The fourth-order valence-electron chi connectivity index (χ4n) is 3.63. The molecule has 1 aliphatic carbocycles. The molecule has 1 aliphatic rings. The number of aryl methyl sites for hydroxylation is 1. The molecule has 6 heteroatoms. The Bertz CT molecular complexity index is 1010. The second kappa shape index (κ2) is 8.57. The van der Waals surface area contributed by atoms with E-state index in [1.54, 1.807) is 25.6 Å². The van der Waals surface area contributed by atoms with Crippen LogP contribution in [0, 0.1) is 0 Å². The Morgan fingerprint density at radius 2 is 1.83 bits per heavy atom. The number of para-hydroxylation sites is 2. The summed E-state index contributed by atoms with van der Waals surface area (Å²) < 4.78 is 10.6. The topological polar surface area (TPSA) is 59.6 Å². The lowest BCUT2D eigenvalue weighted by Crippen LogP contribution is -2.15. The second-order valence-electron chi connectivity index (χ2n) is 6.92. The summed E-state index contributed by atoms with van der Waals surface area (Å²) in [7, 11) is 3.27. The molecule has 3 aromatic rings. The first-order chi connectivity index (χ1) is 14.2. The van der Waals surface area contributed by atoms with Gasteiger partial charge >= 0.3 is 0 Å². The number of carbonyl (C=O) groups excluding carboxylic acids is 1. The summed E-state index contributed by atoms with van der Waals surface area (Å²) in [4.78, 5) is 14.5. The number of fused-ring (bicyclic) bond motifs is 1. The van der Waals surface area contributed by atoms with E-state index in [0.717, 1.165) is 41.1 Å². The zero-order valence-electron chi connectivity index (χ0n) is 16.6. The third-order valence-electron chi connectivity index (χ3n) is 5.12. The molecule has 2 aromatic carbocycles. The first kappa shape index (κ1) is 19.3. The molecule has 5 nitrogen and oxygen atoms in total. The lowest BCUT2D eigenvalue weighted by atomic mass is 10.1. The van der Waals surface area contributed by atoms with Gasteiger partial charge in [0.15, 0.2) is 0 Å². The molecule has 0 atom stereocenters. The molecule has 150 valence electrons. The van der Waals surface area contributed by atoms with Crippen molar-refractivity contribution in [3.63, 3.8) is 0 Å². The van der Waals surface area contributed by atoms with Gasteiger partial charge in [0, 0.05) is 11.4 Å². The van der Waals surface area contributed by atoms with Crippen LogP contribution in [0.25, 0.3) is 0 Å². The standard InChI is InChI=1S/C23H24N2O3S/c1-27-16-12-10-15(11-13-16)14-24-23-21(17-6-5-9-20(17)29-23)22(26)25-18-7-3-4-8-19(18)28-2/h3-4,7-8,10-13,24H,5-6,9,14H2,1-2H3,(H,25,26). The van der Waals surface area contributed by atoms with E-state index in [9.17, 15) is 4.79 Å². The second-order valence-corrected chi connectivity index (χ2v) is 8.02. The molecule has 0 saturated heterocycles. The smallest absolute Gasteiger partial charge is 0.259 e. The molecule has 0 saturated carbocycles. The minimum Gasteiger partial charge on any atom is -0.497 e. The molecule has 1 heterocycles. The highest BCUT2D eigenvalue weighted by Gasteiger charge is 2.27. The summed E-state index contributed by atoms with van der Waals surface area (Å²) in [5.41, 5.74) is 3.76. The van der Waals surface area contributed by atoms with Crippen LogP contribution in [0.1, 0.15) is 32.8 Å². The molecule has 2 N–H and O–H groups in total. The molecular formula is C23H24N2O3S. The summed E-state index contributed by atoms with van der Waals surface area (Å²) >= 11 is 1.70. The maximum Gasteiger partial charge on any atom is 0.259 e. The fraction of sp³-hybridized carbons (Fsp3) is 0.261. The zero-order valence-corrected chi connectivity index (χ0v) is 17.4. The van der Waals surface area contributed by atoms with Crippen LogP contribution in [0.5, 0.6) is 11.5 Å². The number of anilines is 2. The van der Waals surface area contributed by atoms with E-state index >= 15 is 0 Å². The summed E-state index contributed by atoms with van der Waals surface area (Å²) in [5, 5.41) is 7.44. The van der Waals surface area contributed by atoms with Crippen LogP contribution >= 0.6 is 11.3 Å². The van der Waals surface area contributed by atoms with Crippen LogP contribution in [0.3, 0.4) is 0 Å². The summed E-state index contributed by atoms with van der Waals surface area (Å²) in [6, 6.07) is 15.4. The summed E-state index contributed by atoms with van der Waals surface area (Å²) in [6.07, 6.45) is 3.10. The van der Waals surface area contributed by atoms with Gasteiger partial charge in [0.25, 0.3) is 5.91 Å². The Morgan fingerprint density at radius 1 is 1.03 bits per heavy atom. The fourth-order valence-corrected chi connectivity index (χ4v) is 4.91. The van der Waals surface area contributed by atoms with Crippen molar-refractivity contribution in [2.24, 2.45) is 0 Å². The Hall–Kier alpha value is -2.99. The van der Waals surface area contributed by atoms with Crippen LogP contribution < -0.4 is 20.1 Å². The van der Waals surface area contributed by atoms with Gasteiger partial charge in [-0.25, -0.2) is 0 Å². The van der Waals surface area contributed by atoms with Gasteiger partial charge in [-0.3, -0.25) is 4.79 Å². The number of thiophene rings is 1. The van der Waals surface area contributed by atoms with Crippen LogP contribution in [0.2, 0.25) is 0 Å². The van der Waals surface area contributed by atoms with Gasteiger partial charge in [-0.1, -0.05) is 24.3 Å². The minimum atomic E-state index is -0.0915. The average Bonchev–Trinajstić information content (AvgIpc) is 3.33. The number of nitrogens with one attached hydrogen (secondary N) is 2. The van der Waals surface area contributed by atoms with Crippen molar-refractivity contribution in [1.82, 2.24) is 0 Å². The molecule has 0 spiro atoms. The third-order valence-corrected chi connectivity index (χ3v) is 6.37. The Kier molecular flexibility index (Phi) is 5.71. The normalized spacial score (nSPS) is 12.3. The number of carbonyl (C=O) groups is 1. The molecule has 0 unspecified atom stereocenters. The molecule has 1 aromatic heterocycles. The van der Waals surface area contributed by atoms with Crippen molar-refractivity contribution in [2.75, 3.05) is 24.9 Å². The maximum absolute atomic E-state index is 13.2. The summed E-state index contributed by atoms with van der Waals surface area (Å²) in [6.45, 7) is 0.651. The Balaban J connectivity index is 1.56.